The van der Waals surface area contributed by atoms with Crippen molar-refractivity contribution in [2.75, 3.05) is 13.1 Å². The molecule has 3 heteroatoms. The Hall–Kier alpha value is -0.570. The summed E-state index contributed by atoms with van der Waals surface area (Å²) in [5.41, 5.74) is -0.476. The molecule has 1 saturated heterocycles. The van der Waals surface area contributed by atoms with E-state index in [4.69, 9.17) is 0 Å². The zero-order valence-corrected chi connectivity index (χ0v) is 11.7. The number of carbonyl (C=O) groups is 1. The average Bonchev–Trinajstić information content (AvgIpc) is 2.73. The molecule has 1 rings (SSSR count). The van der Waals surface area contributed by atoms with E-state index in [1.54, 1.807) is 0 Å². The smallest absolute Gasteiger partial charge is 0.310 e. The van der Waals surface area contributed by atoms with E-state index in [0.29, 0.717) is 12.0 Å². The van der Waals surface area contributed by atoms with Crippen LogP contribution in [0.1, 0.15) is 53.4 Å². The van der Waals surface area contributed by atoms with Crippen molar-refractivity contribution < 1.29 is 9.90 Å². The third kappa shape index (κ3) is 3.01. The fourth-order valence-electron chi connectivity index (χ4n) is 2.92. The predicted molar refractivity (Wildman–Crippen MR) is 70.1 cm³/mol. The van der Waals surface area contributed by atoms with E-state index in [-0.39, 0.29) is 0 Å². The number of rotatable bonds is 6. The van der Waals surface area contributed by atoms with Gasteiger partial charge in [-0.15, -0.1) is 0 Å². The van der Waals surface area contributed by atoms with Gasteiger partial charge < -0.3 is 5.11 Å². The van der Waals surface area contributed by atoms with Crippen molar-refractivity contribution in [3.63, 3.8) is 0 Å². The summed E-state index contributed by atoms with van der Waals surface area (Å²) in [5.74, 6) is 0.0411. The van der Waals surface area contributed by atoms with Crippen molar-refractivity contribution in [3.05, 3.63) is 0 Å². The van der Waals surface area contributed by atoms with E-state index in [2.05, 4.69) is 32.6 Å². The van der Waals surface area contributed by atoms with Gasteiger partial charge in [0.25, 0.3) is 0 Å². The first-order valence-corrected chi connectivity index (χ1v) is 6.94. The van der Waals surface area contributed by atoms with Crippen LogP contribution in [0.25, 0.3) is 0 Å². The zero-order chi connectivity index (χ0) is 13.1. The molecule has 0 spiro atoms. The molecule has 3 nitrogen and oxygen atoms in total. The largest absolute Gasteiger partial charge is 0.481 e. The Morgan fingerprint density at radius 2 is 2.06 bits per heavy atom. The number of carboxylic acid groups (broad SMARTS) is 1. The van der Waals surface area contributed by atoms with Gasteiger partial charge in [-0.05, 0) is 32.2 Å². The maximum absolute atomic E-state index is 11.5. The molecule has 1 fully saturated rings. The minimum absolute atomic E-state index is 0.476. The quantitative estimate of drug-likeness (QED) is 0.777. The third-order valence-electron chi connectivity index (χ3n) is 4.61. The molecule has 0 amide bonds. The molecule has 1 heterocycles. The Morgan fingerprint density at radius 3 is 2.53 bits per heavy atom. The van der Waals surface area contributed by atoms with Crippen molar-refractivity contribution in [1.29, 1.82) is 0 Å². The molecule has 3 atom stereocenters. The molecule has 0 bridgehead atoms. The van der Waals surface area contributed by atoms with Crippen LogP contribution < -0.4 is 0 Å². The van der Waals surface area contributed by atoms with Gasteiger partial charge in [0.1, 0.15) is 0 Å². The second kappa shape index (κ2) is 5.85. The first-order chi connectivity index (χ1) is 7.96. The van der Waals surface area contributed by atoms with E-state index in [9.17, 15) is 9.90 Å². The molecule has 1 aliphatic rings. The van der Waals surface area contributed by atoms with Crippen molar-refractivity contribution >= 4 is 5.97 Å². The number of nitrogens with zero attached hydrogens (tertiary/aromatic N) is 1. The summed E-state index contributed by atoms with van der Waals surface area (Å²) in [7, 11) is 0. The lowest BCUT2D eigenvalue weighted by atomic mass is 9.82. The van der Waals surface area contributed by atoms with Gasteiger partial charge in [0.15, 0.2) is 0 Å². The maximum atomic E-state index is 11.5. The first kappa shape index (κ1) is 14.5. The van der Waals surface area contributed by atoms with Gasteiger partial charge in [-0.25, -0.2) is 0 Å². The summed E-state index contributed by atoms with van der Waals surface area (Å²) in [6, 6.07) is 0.498. The van der Waals surface area contributed by atoms with E-state index >= 15 is 0 Å². The fourth-order valence-corrected chi connectivity index (χ4v) is 2.92. The minimum atomic E-state index is -0.599. The highest BCUT2D eigenvalue weighted by Crippen LogP contribution is 2.37. The lowest BCUT2D eigenvalue weighted by Crippen LogP contribution is -2.40. The highest BCUT2D eigenvalue weighted by Gasteiger charge is 2.45. The number of hydrogen-bond donors (Lipinski definition) is 1. The summed E-state index contributed by atoms with van der Waals surface area (Å²) < 4.78 is 0. The first-order valence-electron chi connectivity index (χ1n) is 6.94. The Balaban J connectivity index is 2.69. The number of likely N-dealkylation sites (tertiary alicyclic amines) is 1. The predicted octanol–water partition coefficient (Wildman–Crippen LogP) is 3.00. The lowest BCUT2D eigenvalue weighted by Gasteiger charge is -2.31. The second-order valence-electron chi connectivity index (χ2n) is 5.68. The minimum Gasteiger partial charge on any atom is -0.481 e. The van der Waals surface area contributed by atoms with Gasteiger partial charge in [0, 0.05) is 12.6 Å². The molecule has 0 aliphatic carbocycles. The molecule has 1 N–H and O–H groups in total. The lowest BCUT2D eigenvalue weighted by molar-refractivity contribution is -0.148. The van der Waals surface area contributed by atoms with Crippen LogP contribution in [0.3, 0.4) is 0 Å². The van der Waals surface area contributed by atoms with Crippen LogP contribution >= 0.6 is 0 Å². The summed E-state index contributed by atoms with van der Waals surface area (Å²) in [4.78, 5) is 13.9. The van der Waals surface area contributed by atoms with Crippen molar-refractivity contribution in [1.82, 2.24) is 4.90 Å². The van der Waals surface area contributed by atoms with E-state index < -0.39 is 11.4 Å². The van der Waals surface area contributed by atoms with Crippen molar-refractivity contribution in [2.45, 2.75) is 59.4 Å². The normalized spacial score (nSPS) is 29.2. The molecule has 0 saturated carbocycles. The summed E-state index contributed by atoms with van der Waals surface area (Å²) in [6.07, 6.45) is 3.74. The SMILES string of the molecule is CCCC1(C(=O)O)CCN(C(C)C(C)CC)C1. The molecule has 0 radical (unpaired) electrons. The summed E-state index contributed by atoms with van der Waals surface area (Å²) >= 11 is 0. The standard InChI is InChI=1S/C14H27NO2/c1-5-7-14(13(16)17)8-9-15(10-14)12(4)11(3)6-2/h11-12H,5-10H2,1-4H3,(H,16,17). The Kier molecular flexibility index (Phi) is 4.99. The van der Waals surface area contributed by atoms with Crippen LogP contribution in [0.2, 0.25) is 0 Å². The third-order valence-corrected chi connectivity index (χ3v) is 4.61. The van der Waals surface area contributed by atoms with E-state index in [1.165, 1.54) is 0 Å². The molecular weight excluding hydrogens is 214 g/mol. The van der Waals surface area contributed by atoms with E-state index in [1.807, 2.05) is 0 Å². The van der Waals surface area contributed by atoms with Crippen LogP contribution in [0, 0.1) is 11.3 Å². The van der Waals surface area contributed by atoms with Crippen molar-refractivity contribution in [2.24, 2.45) is 11.3 Å². The highest BCUT2D eigenvalue weighted by molar-refractivity contribution is 5.75. The molecular formula is C14H27NO2. The molecule has 17 heavy (non-hydrogen) atoms. The Bertz CT molecular complexity index is 267. The van der Waals surface area contributed by atoms with Crippen LogP contribution in [0.5, 0.6) is 0 Å². The molecule has 1 aliphatic heterocycles. The number of hydrogen-bond acceptors (Lipinski definition) is 2. The van der Waals surface area contributed by atoms with Gasteiger partial charge in [-0.2, -0.15) is 0 Å². The topological polar surface area (TPSA) is 40.5 Å². The van der Waals surface area contributed by atoms with Crippen LogP contribution in [0.15, 0.2) is 0 Å². The van der Waals surface area contributed by atoms with Gasteiger partial charge in [-0.3, -0.25) is 9.69 Å². The summed E-state index contributed by atoms with van der Waals surface area (Å²) in [6.45, 7) is 10.4. The molecule has 3 unspecified atom stereocenters. The zero-order valence-electron chi connectivity index (χ0n) is 11.7. The molecule has 0 aromatic carbocycles. The van der Waals surface area contributed by atoms with Crippen LogP contribution in [0.4, 0.5) is 0 Å². The van der Waals surface area contributed by atoms with Gasteiger partial charge in [0.2, 0.25) is 0 Å². The Labute approximate surface area is 105 Å². The van der Waals surface area contributed by atoms with Gasteiger partial charge >= 0.3 is 5.97 Å². The monoisotopic (exact) mass is 241 g/mol. The molecule has 0 aromatic heterocycles. The number of aliphatic carboxylic acids is 1. The Morgan fingerprint density at radius 1 is 1.41 bits per heavy atom. The molecule has 0 aromatic rings. The van der Waals surface area contributed by atoms with E-state index in [0.717, 1.165) is 38.8 Å². The molecule has 100 valence electrons. The van der Waals surface area contributed by atoms with Crippen LogP contribution in [-0.2, 0) is 4.79 Å². The van der Waals surface area contributed by atoms with Gasteiger partial charge in [-0.1, -0.05) is 33.6 Å². The number of carboxylic acids is 1. The highest BCUT2D eigenvalue weighted by atomic mass is 16.4. The van der Waals surface area contributed by atoms with Gasteiger partial charge in [0.05, 0.1) is 5.41 Å². The second-order valence-corrected chi connectivity index (χ2v) is 5.68. The van der Waals surface area contributed by atoms with Crippen molar-refractivity contribution in [3.8, 4) is 0 Å². The fraction of sp³-hybridized carbons (Fsp3) is 0.929. The summed E-state index contributed by atoms with van der Waals surface area (Å²) in [5, 5.41) is 9.46. The maximum Gasteiger partial charge on any atom is 0.310 e. The average molecular weight is 241 g/mol. The van der Waals surface area contributed by atoms with Crippen LogP contribution in [-0.4, -0.2) is 35.1 Å².